The van der Waals surface area contributed by atoms with Crippen molar-refractivity contribution >= 4 is 5.91 Å². The molecular weight excluding hydrogens is 386 g/mol. The Labute approximate surface area is 184 Å². The van der Waals surface area contributed by atoms with E-state index in [1.165, 1.54) is 30.4 Å². The molecule has 0 unspecified atom stereocenters. The number of piperidine rings is 1. The highest BCUT2D eigenvalue weighted by molar-refractivity contribution is 5.72. The Balaban J connectivity index is 1.45. The summed E-state index contributed by atoms with van der Waals surface area (Å²) in [5.74, 6) is 1.60. The van der Waals surface area contributed by atoms with Crippen molar-refractivity contribution in [3.63, 3.8) is 0 Å². The Morgan fingerprint density at radius 3 is 2.52 bits per heavy atom. The fourth-order valence-corrected chi connectivity index (χ4v) is 4.34. The highest BCUT2D eigenvalue weighted by Gasteiger charge is 2.24. The van der Waals surface area contributed by atoms with Crippen LogP contribution in [0, 0.1) is 6.92 Å². The van der Waals surface area contributed by atoms with E-state index in [2.05, 4.69) is 58.7 Å². The molecule has 2 heterocycles. The van der Waals surface area contributed by atoms with Crippen LogP contribution in [-0.2, 0) is 11.3 Å². The highest BCUT2D eigenvalue weighted by Crippen LogP contribution is 2.28. The summed E-state index contributed by atoms with van der Waals surface area (Å²) < 4.78 is 6.04. The molecule has 1 aliphatic rings. The van der Waals surface area contributed by atoms with Crippen molar-refractivity contribution in [2.75, 3.05) is 13.1 Å². The highest BCUT2D eigenvalue weighted by atomic mass is 16.4. The van der Waals surface area contributed by atoms with Gasteiger partial charge in [-0.3, -0.25) is 9.69 Å². The fourth-order valence-electron chi connectivity index (χ4n) is 4.34. The van der Waals surface area contributed by atoms with Gasteiger partial charge in [0.2, 0.25) is 11.8 Å². The molecule has 0 radical (unpaired) electrons. The molecule has 162 valence electrons. The Kier molecular flexibility index (Phi) is 6.82. The van der Waals surface area contributed by atoms with E-state index in [4.69, 9.17) is 9.40 Å². The Bertz CT molecular complexity index is 995. The van der Waals surface area contributed by atoms with Crippen LogP contribution >= 0.6 is 0 Å². The Morgan fingerprint density at radius 1 is 1.06 bits per heavy atom. The zero-order valence-corrected chi connectivity index (χ0v) is 18.4. The summed E-state index contributed by atoms with van der Waals surface area (Å²) in [4.78, 5) is 18.5. The number of aromatic nitrogens is 1. The molecule has 5 heteroatoms. The van der Waals surface area contributed by atoms with Crippen molar-refractivity contribution in [3.8, 4) is 22.6 Å². The molecule has 1 amide bonds. The lowest BCUT2D eigenvalue weighted by Crippen LogP contribution is -2.41. The van der Waals surface area contributed by atoms with Crippen LogP contribution in [0.2, 0.25) is 0 Å². The SMILES string of the molecule is CC(=O)NCC[C@H]1CCCCN1Cc1nc(-c2ccc(-c3ccccc3)cc2)oc1C. The van der Waals surface area contributed by atoms with Crippen LogP contribution in [0.15, 0.2) is 59.0 Å². The lowest BCUT2D eigenvalue weighted by molar-refractivity contribution is -0.119. The van der Waals surface area contributed by atoms with E-state index in [1.54, 1.807) is 6.92 Å². The Morgan fingerprint density at radius 2 is 1.77 bits per heavy atom. The number of nitrogens with one attached hydrogen (secondary N) is 1. The standard InChI is InChI=1S/C26H31N3O2/c1-19-25(18-29-17-7-6-10-24(29)15-16-27-20(2)30)28-26(31-19)23-13-11-22(12-14-23)21-8-4-3-5-9-21/h3-5,8-9,11-14,24H,6-7,10,15-18H2,1-2H3,(H,27,30)/t24-/m1/s1. The number of likely N-dealkylation sites (tertiary alicyclic amines) is 1. The largest absolute Gasteiger partial charge is 0.441 e. The first-order valence-electron chi connectivity index (χ1n) is 11.2. The van der Waals surface area contributed by atoms with E-state index < -0.39 is 0 Å². The summed E-state index contributed by atoms with van der Waals surface area (Å²) in [5, 5.41) is 2.93. The lowest BCUT2D eigenvalue weighted by atomic mass is 9.99. The minimum absolute atomic E-state index is 0.0395. The van der Waals surface area contributed by atoms with E-state index in [0.29, 0.717) is 11.9 Å². The van der Waals surface area contributed by atoms with Crippen LogP contribution in [0.25, 0.3) is 22.6 Å². The average molecular weight is 418 g/mol. The first kappa shape index (κ1) is 21.3. The number of benzene rings is 2. The Hall–Kier alpha value is -2.92. The number of aryl methyl sites for hydroxylation is 1. The van der Waals surface area contributed by atoms with E-state index in [0.717, 1.165) is 43.1 Å². The number of carbonyl (C=O) groups excluding carboxylic acids is 1. The first-order chi connectivity index (χ1) is 15.1. The minimum Gasteiger partial charge on any atom is -0.441 e. The fraction of sp³-hybridized carbons (Fsp3) is 0.385. The van der Waals surface area contributed by atoms with Crippen LogP contribution in [0.3, 0.4) is 0 Å². The zero-order valence-electron chi connectivity index (χ0n) is 18.4. The van der Waals surface area contributed by atoms with Gasteiger partial charge in [0.05, 0.1) is 5.69 Å². The second-order valence-corrected chi connectivity index (χ2v) is 8.36. The van der Waals surface area contributed by atoms with Crippen LogP contribution in [0.1, 0.15) is 44.1 Å². The molecule has 0 bridgehead atoms. The molecule has 1 atom stereocenters. The quantitative estimate of drug-likeness (QED) is 0.574. The van der Waals surface area contributed by atoms with Crippen molar-refractivity contribution in [2.24, 2.45) is 0 Å². The summed E-state index contributed by atoms with van der Waals surface area (Å²) >= 11 is 0. The number of hydrogen-bond donors (Lipinski definition) is 1. The van der Waals surface area contributed by atoms with Gasteiger partial charge in [-0.05, 0) is 56.0 Å². The zero-order chi connectivity index (χ0) is 21.6. The maximum atomic E-state index is 11.2. The normalized spacial score (nSPS) is 16.9. The van der Waals surface area contributed by atoms with Crippen LogP contribution < -0.4 is 5.32 Å². The topological polar surface area (TPSA) is 58.4 Å². The molecule has 5 nitrogen and oxygen atoms in total. The third kappa shape index (κ3) is 5.42. The van der Waals surface area contributed by atoms with E-state index >= 15 is 0 Å². The van der Waals surface area contributed by atoms with Crippen molar-refractivity contribution < 1.29 is 9.21 Å². The number of nitrogens with zero attached hydrogens (tertiary/aromatic N) is 2. The number of oxazole rings is 1. The van der Waals surface area contributed by atoms with Gasteiger partial charge < -0.3 is 9.73 Å². The molecule has 1 N–H and O–H groups in total. The van der Waals surface area contributed by atoms with Gasteiger partial charge in [0, 0.05) is 31.6 Å². The van der Waals surface area contributed by atoms with Crippen molar-refractivity contribution in [1.29, 1.82) is 0 Å². The van der Waals surface area contributed by atoms with Gasteiger partial charge in [-0.25, -0.2) is 4.98 Å². The molecule has 0 spiro atoms. The van der Waals surface area contributed by atoms with Gasteiger partial charge in [-0.1, -0.05) is 48.9 Å². The molecule has 2 aromatic carbocycles. The predicted molar refractivity (Wildman–Crippen MR) is 123 cm³/mol. The smallest absolute Gasteiger partial charge is 0.226 e. The molecule has 1 aromatic heterocycles. The summed E-state index contributed by atoms with van der Waals surface area (Å²) in [5.41, 5.74) is 4.39. The molecule has 1 saturated heterocycles. The molecule has 3 aromatic rings. The third-order valence-electron chi connectivity index (χ3n) is 6.09. The summed E-state index contributed by atoms with van der Waals surface area (Å²) in [6.45, 7) is 6.17. The van der Waals surface area contributed by atoms with Gasteiger partial charge >= 0.3 is 0 Å². The van der Waals surface area contributed by atoms with E-state index in [1.807, 2.05) is 13.0 Å². The second-order valence-electron chi connectivity index (χ2n) is 8.36. The molecule has 0 saturated carbocycles. The predicted octanol–water partition coefficient (Wildman–Crippen LogP) is 5.20. The first-order valence-corrected chi connectivity index (χ1v) is 11.2. The third-order valence-corrected chi connectivity index (χ3v) is 6.09. The van der Waals surface area contributed by atoms with Crippen LogP contribution in [-0.4, -0.2) is 34.9 Å². The number of carbonyl (C=O) groups is 1. The monoisotopic (exact) mass is 417 g/mol. The van der Waals surface area contributed by atoms with Gasteiger partial charge in [0.25, 0.3) is 0 Å². The molecule has 0 aliphatic carbocycles. The summed E-state index contributed by atoms with van der Waals surface area (Å²) in [6, 6.07) is 19.2. The van der Waals surface area contributed by atoms with Crippen molar-refractivity contribution in [2.45, 2.75) is 52.1 Å². The lowest BCUT2D eigenvalue weighted by Gasteiger charge is -2.35. The molecule has 31 heavy (non-hydrogen) atoms. The van der Waals surface area contributed by atoms with Gasteiger partial charge in [-0.15, -0.1) is 0 Å². The number of hydrogen-bond acceptors (Lipinski definition) is 4. The average Bonchev–Trinajstić information content (AvgIpc) is 3.15. The van der Waals surface area contributed by atoms with E-state index in [-0.39, 0.29) is 5.91 Å². The summed E-state index contributed by atoms with van der Waals surface area (Å²) in [6.07, 6.45) is 4.61. The number of rotatable bonds is 7. The van der Waals surface area contributed by atoms with Crippen LogP contribution in [0.4, 0.5) is 0 Å². The molecule has 1 fully saturated rings. The van der Waals surface area contributed by atoms with Gasteiger partial charge in [0.15, 0.2) is 0 Å². The maximum absolute atomic E-state index is 11.2. The molecule has 1 aliphatic heterocycles. The van der Waals surface area contributed by atoms with E-state index in [9.17, 15) is 4.79 Å². The second kappa shape index (κ2) is 9.92. The van der Waals surface area contributed by atoms with Crippen molar-refractivity contribution in [1.82, 2.24) is 15.2 Å². The molecule has 4 rings (SSSR count). The van der Waals surface area contributed by atoms with Crippen LogP contribution in [0.5, 0.6) is 0 Å². The minimum atomic E-state index is 0.0395. The maximum Gasteiger partial charge on any atom is 0.226 e. The number of amides is 1. The molecular formula is C26H31N3O2. The summed E-state index contributed by atoms with van der Waals surface area (Å²) in [7, 11) is 0. The van der Waals surface area contributed by atoms with Gasteiger partial charge in [-0.2, -0.15) is 0 Å². The van der Waals surface area contributed by atoms with Crippen molar-refractivity contribution in [3.05, 3.63) is 66.1 Å². The van der Waals surface area contributed by atoms with Gasteiger partial charge in [0.1, 0.15) is 5.76 Å².